The normalized spacial score (nSPS) is 9.08. The van der Waals surface area contributed by atoms with Crippen LogP contribution >= 0.6 is 0 Å². The van der Waals surface area contributed by atoms with Gasteiger partial charge in [0, 0.05) is 6.07 Å². The van der Waals surface area contributed by atoms with Crippen molar-refractivity contribution >= 4 is 0 Å². The Morgan fingerprint density at radius 1 is 1.38 bits per heavy atom. The highest BCUT2D eigenvalue weighted by atomic mass is 16.5. The van der Waals surface area contributed by atoms with Crippen LogP contribution in [0.2, 0.25) is 0 Å². The van der Waals surface area contributed by atoms with Gasteiger partial charge < -0.3 is 9.47 Å². The second-order valence-electron chi connectivity index (χ2n) is 2.49. The van der Waals surface area contributed by atoms with Gasteiger partial charge in [-0.2, -0.15) is 0 Å². The first-order chi connectivity index (χ1) is 6.22. The lowest BCUT2D eigenvalue weighted by atomic mass is 10.2. The van der Waals surface area contributed by atoms with Crippen molar-refractivity contribution in [3.05, 3.63) is 17.3 Å². The molecule has 0 aromatic carbocycles. The zero-order valence-corrected chi connectivity index (χ0v) is 7.92. The molecule has 0 aliphatic heterocycles. The van der Waals surface area contributed by atoms with E-state index in [2.05, 4.69) is 10.9 Å². The van der Waals surface area contributed by atoms with E-state index in [0.29, 0.717) is 17.3 Å². The Morgan fingerprint density at radius 2 is 2.08 bits per heavy atom. The number of rotatable bonds is 2. The number of methoxy groups -OCH3 is 2. The summed E-state index contributed by atoms with van der Waals surface area (Å²) in [5.74, 6) is 3.63. The first-order valence-electron chi connectivity index (χ1n) is 3.79. The SMILES string of the molecule is C#Cc1cc(OC)c(C)c(OC)n1. The van der Waals surface area contributed by atoms with E-state index < -0.39 is 0 Å². The largest absolute Gasteiger partial charge is 0.496 e. The van der Waals surface area contributed by atoms with Crippen molar-refractivity contribution in [3.8, 4) is 24.0 Å². The quantitative estimate of drug-likeness (QED) is 0.640. The third-order valence-corrected chi connectivity index (χ3v) is 1.74. The number of hydrogen-bond donors (Lipinski definition) is 0. The molecule has 1 aromatic heterocycles. The highest BCUT2D eigenvalue weighted by Crippen LogP contribution is 2.25. The Morgan fingerprint density at radius 3 is 2.54 bits per heavy atom. The summed E-state index contributed by atoms with van der Waals surface area (Å²) in [5.41, 5.74) is 1.36. The number of aromatic nitrogens is 1. The zero-order chi connectivity index (χ0) is 9.84. The second kappa shape index (κ2) is 3.81. The Kier molecular flexibility index (Phi) is 2.76. The summed E-state index contributed by atoms with van der Waals surface area (Å²) < 4.78 is 10.2. The second-order valence-corrected chi connectivity index (χ2v) is 2.49. The van der Waals surface area contributed by atoms with Gasteiger partial charge >= 0.3 is 0 Å². The van der Waals surface area contributed by atoms with Crippen LogP contribution in [0.4, 0.5) is 0 Å². The molecule has 0 bridgehead atoms. The van der Waals surface area contributed by atoms with Gasteiger partial charge in [0.2, 0.25) is 5.88 Å². The summed E-state index contributed by atoms with van der Waals surface area (Å²) in [6.07, 6.45) is 5.22. The fourth-order valence-electron chi connectivity index (χ4n) is 1.05. The van der Waals surface area contributed by atoms with Gasteiger partial charge in [-0.05, 0) is 12.8 Å². The first-order valence-corrected chi connectivity index (χ1v) is 3.79. The Balaban J connectivity index is 3.30. The molecule has 0 radical (unpaired) electrons. The molecular weight excluding hydrogens is 166 g/mol. The van der Waals surface area contributed by atoms with Gasteiger partial charge in [0.25, 0.3) is 0 Å². The monoisotopic (exact) mass is 177 g/mol. The van der Waals surface area contributed by atoms with Gasteiger partial charge in [0.15, 0.2) is 0 Å². The Bertz CT molecular complexity index is 327. The molecule has 0 unspecified atom stereocenters. The molecule has 0 aliphatic rings. The van der Waals surface area contributed by atoms with Crippen molar-refractivity contribution in [2.45, 2.75) is 6.92 Å². The van der Waals surface area contributed by atoms with Crippen molar-refractivity contribution in [1.82, 2.24) is 4.98 Å². The molecule has 13 heavy (non-hydrogen) atoms. The summed E-state index contributed by atoms with van der Waals surface area (Å²) in [6, 6.07) is 1.71. The minimum atomic E-state index is 0.507. The summed E-state index contributed by atoms with van der Waals surface area (Å²) >= 11 is 0. The van der Waals surface area contributed by atoms with Crippen molar-refractivity contribution in [3.63, 3.8) is 0 Å². The van der Waals surface area contributed by atoms with Gasteiger partial charge in [-0.15, -0.1) is 6.42 Å². The summed E-state index contributed by atoms with van der Waals surface area (Å²) in [5, 5.41) is 0. The van der Waals surface area contributed by atoms with Crippen LogP contribution in [0, 0.1) is 19.3 Å². The molecule has 1 heterocycles. The number of nitrogens with zero attached hydrogens (tertiary/aromatic N) is 1. The summed E-state index contributed by atoms with van der Waals surface area (Å²) in [4.78, 5) is 4.08. The van der Waals surface area contributed by atoms with Crippen molar-refractivity contribution in [2.24, 2.45) is 0 Å². The molecule has 0 amide bonds. The predicted octanol–water partition coefficient (Wildman–Crippen LogP) is 1.39. The van der Waals surface area contributed by atoms with Crippen LogP contribution in [-0.2, 0) is 0 Å². The highest BCUT2D eigenvalue weighted by molar-refractivity contribution is 5.44. The zero-order valence-electron chi connectivity index (χ0n) is 7.92. The van der Waals surface area contributed by atoms with E-state index in [9.17, 15) is 0 Å². The van der Waals surface area contributed by atoms with E-state index in [0.717, 1.165) is 5.56 Å². The molecule has 0 fully saturated rings. The molecule has 1 aromatic rings. The van der Waals surface area contributed by atoms with E-state index in [1.54, 1.807) is 20.3 Å². The predicted molar refractivity (Wildman–Crippen MR) is 50.0 cm³/mol. The van der Waals surface area contributed by atoms with Gasteiger partial charge in [0.1, 0.15) is 11.4 Å². The summed E-state index contributed by atoms with van der Waals surface area (Å²) in [7, 11) is 3.14. The molecular formula is C10H11NO2. The van der Waals surface area contributed by atoms with Crippen LogP contribution in [-0.4, -0.2) is 19.2 Å². The molecule has 68 valence electrons. The van der Waals surface area contributed by atoms with Gasteiger partial charge in [0.05, 0.1) is 19.8 Å². The van der Waals surface area contributed by atoms with Crippen molar-refractivity contribution < 1.29 is 9.47 Å². The molecule has 1 rings (SSSR count). The topological polar surface area (TPSA) is 31.4 Å². The van der Waals surface area contributed by atoms with Gasteiger partial charge in [-0.25, -0.2) is 4.98 Å². The third kappa shape index (κ3) is 1.73. The number of hydrogen-bond acceptors (Lipinski definition) is 3. The van der Waals surface area contributed by atoms with E-state index in [-0.39, 0.29) is 0 Å². The highest BCUT2D eigenvalue weighted by Gasteiger charge is 2.08. The minimum Gasteiger partial charge on any atom is -0.496 e. The number of terminal acetylenes is 1. The molecule has 3 nitrogen and oxygen atoms in total. The molecule has 0 N–H and O–H groups in total. The van der Waals surface area contributed by atoms with Gasteiger partial charge in [-0.3, -0.25) is 0 Å². The van der Waals surface area contributed by atoms with E-state index in [1.807, 2.05) is 6.92 Å². The van der Waals surface area contributed by atoms with E-state index in [4.69, 9.17) is 15.9 Å². The van der Waals surface area contributed by atoms with Crippen LogP contribution in [0.15, 0.2) is 6.07 Å². The third-order valence-electron chi connectivity index (χ3n) is 1.74. The number of ether oxygens (including phenoxy) is 2. The Labute approximate surface area is 77.7 Å². The van der Waals surface area contributed by atoms with Crippen LogP contribution in [0.1, 0.15) is 11.3 Å². The van der Waals surface area contributed by atoms with Crippen LogP contribution < -0.4 is 9.47 Å². The first kappa shape index (κ1) is 9.40. The van der Waals surface area contributed by atoms with Crippen molar-refractivity contribution in [1.29, 1.82) is 0 Å². The maximum Gasteiger partial charge on any atom is 0.220 e. The Hall–Kier alpha value is -1.69. The molecule has 0 saturated heterocycles. The molecule has 0 saturated carbocycles. The molecule has 0 spiro atoms. The maximum absolute atomic E-state index is 5.22. The fourth-order valence-corrected chi connectivity index (χ4v) is 1.05. The minimum absolute atomic E-state index is 0.507. The van der Waals surface area contributed by atoms with Crippen LogP contribution in [0.5, 0.6) is 11.6 Å². The maximum atomic E-state index is 5.22. The van der Waals surface area contributed by atoms with E-state index >= 15 is 0 Å². The van der Waals surface area contributed by atoms with Crippen molar-refractivity contribution in [2.75, 3.05) is 14.2 Å². The summed E-state index contributed by atoms with van der Waals surface area (Å²) in [6.45, 7) is 1.87. The standard InChI is InChI=1S/C10H11NO2/c1-5-8-6-9(12-3)7(2)10(11-8)13-4/h1,6H,2-4H3. The lowest BCUT2D eigenvalue weighted by Crippen LogP contribution is -1.97. The molecule has 0 aliphatic carbocycles. The average Bonchev–Trinajstić information content (AvgIpc) is 2.18. The van der Waals surface area contributed by atoms with E-state index in [1.165, 1.54) is 0 Å². The number of pyridine rings is 1. The average molecular weight is 177 g/mol. The van der Waals surface area contributed by atoms with Crippen LogP contribution in [0.3, 0.4) is 0 Å². The van der Waals surface area contributed by atoms with Crippen LogP contribution in [0.25, 0.3) is 0 Å². The lowest BCUT2D eigenvalue weighted by molar-refractivity contribution is 0.376. The smallest absolute Gasteiger partial charge is 0.220 e. The lowest BCUT2D eigenvalue weighted by Gasteiger charge is -2.08. The molecule has 0 atom stereocenters. The van der Waals surface area contributed by atoms with Gasteiger partial charge in [-0.1, -0.05) is 0 Å². The molecule has 3 heteroatoms. The fraction of sp³-hybridized carbons (Fsp3) is 0.300.